The largest absolute Gasteiger partial charge is 0.480 e. The summed E-state index contributed by atoms with van der Waals surface area (Å²) in [5, 5.41) is 10.2. The van der Waals surface area contributed by atoms with Crippen LogP contribution in [0.25, 0.3) is 0 Å². The van der Waals surface area contributed by atoms with Crippen molar-refractivity contribution in [3.05, 3.63) is 0 Å². The minimum absolute atomic E-state index is 0.0807. The molecule has 0 unspecified atom stereocenters. The van der Waals surface area contributed by atoms with Crippen LogP contribution in [0.4, 0.5) is 4.79 Å². The Balaban J connectivity index is 3.98. The van der Waals surface area contributed by atoms with E-state index < -0.39 is 24.5 Å². The van der Waals surface area contributed by atoms with Crippen LogP contribution in [0.5, 0.6) is 0 Å². The summed E-state index contributed by atoms with van der Waals surface area (Å²) in [5.74, 6) is -1.21. The average molecular weight is 177 g/mol. The number of nitrogens with two attached hydrogens (primary N) is 2. The molecule has 2 amide bonds. The zero-order valence-electron chi connectivity index (χ0n) is 8.41. The molecule has 0 saturated carbocycles. The lowest BCUT2D eigenvalue weighted by molar-refractivity contribution is -0.138. The number of hydrogen-bond donors (Lipinski definition) is 4. The highest BCUT2D eigenvalue weighted by Crippen LogP contribution is 1.92. The maximum Gasteiger partial charge on any atom is 0.320 e. The molecule has 6 N–H and O–H groups in total. The van der Waals surface area contributed by atoms with Gasteiger partial charge in [0.05, 0.1) is 0 Å². The normalized spacial score (nSPS) is 15.8. The van der Waals surface area contributed by atoms with E-state index in [1.807, 2.05) is 5.32 Å². The van der Waals surface area contributed by atoms with Crippen LogP contribution in [0.2, 0.25) is 0 Å². The molecule has 0 saturated heterocycles. The van der Waals surface area contributed by atoms with E-state index in [0.717, 1.165) is 0 Å². The molecular formula is C6H13N3O3. The van der Waals surface area contributed by atoms with Gasteiger partial charge in [0.2, 0.25) is 0 Å². The number of hydrogen-bond acceptors (Lipinski definition) is 3. The van der Waals surface area contributed by atoms with Crippen LogP contribution in [0.15, 0.2) is 0 Å². The molecule has 70 valence electrons. The summed E-state index contributed by atoms with van der Waals surface area (Å²) < 4.78 is 14.4. The van der Waals surface area contributed by atoms with Crippen LogP contribution in [-0.4, -0.2) is 29.6 Å². The van der Waals surface area contributed by atoms with E-state index in [9.17, 15) is 9.59 Å². The molecule has 12 heavy (non-hydrogen) atoms. The molecule has 0 aromatic rings. The first-order valence-corrected chi connectivity index (χ1v) is 3.30. The van der Waals surface area contributed by atoms with Gasteiger partial charge in [0.1, 0.15) is 6.04 Å². The van der Waals surface area contributed by atoms with Crippen molar-refractivity contribution in [2.75, 3.05) is 6.50 Å². The van der Waals surface area contributed by atoms with Gasteiger partial charge < -0.3 is 21.9 Å². The predicted molar refractivity (Wildman–Crippen MR) is 42.4 cm³/mol. The lowest BCUT2D eigenvalue weighted by Crippen LogP contribution is -2.33. The fourth-order valence-corrected chi connectivity index (χ4v) is 0.501. The van der Waals surface area contributed by atoms with Gasteiger partial charge in [-0.15, -0.1) is 0 Å². The number of aliphatic carboxylic acids is 1. The molecule has 6 nitrogen and oxygen atoms in total. The van der Waals surface area contributed by atoms with Gasteiger partial charge in [0, 0.05) is 9.24 Å². The summed E-state index contributed by atoms with van der Waals surface area (Å²) in [6.45, 7) is -2.03. The number of rotatable bonds is 5. The third-order valence-corrected chi connectivity index (χ3v) is 1.11. The SMILES string of the molecule is [2H]C([2H])(CC[C@H](N)C(=O)O)NC(N)=O. The standard InChI is InChI=1S/C6H13N3O3/c7-4(5(10)11)2-1-3-9-6(8)12/h4H,1-3,7H2,(H,10,11)(H3,8,9,12)/t4-/m0/s1/i3D2. The van der Waals surface area contributed by atoms with Crippen LogP contribution >= 0.6 is 0 Å². The smallest absolute Gasteiger partial charge is 0.320 e. The van der Waals surface area contributed by atoms with Crippen molar-refractivity contribution in [1.29, 1.82) is 0 Å². The van der Waals surface area contributed by atoms with Crippen molar-refractivity contribution in [2.45, 2.75) is 18.9 Å². The molecule has 0 rings (SSSR count). The number of urea groups is 1. The summed E-state index contributed by atoms with van der Waals surface area (Å²) in [4.78, 5) is 20.6. The highest BCUT2D eigenvalue weighted by Gasteiger charge is 2.09. The van der Waals surface area contributed by atoms with Gasteiger partial charge in [-0.05, 0) is 12.8 Å². The fraction of sp³-hybridized carbons (Fsp3) is 0.667. The summed E-state index contributed by atoms with van der Waals surface area (Å²) in [6, 6.07) is -2.14. The summed E-state index contributed by atoms with van der Waals surface area (Å²) >= 11 is 0. The molecule has 0 aromatic heterocycles. The average Bonchev–Trinajstić information content (AvgIpc) is 1.97. The molecule has 0 aliphatic carbocycles. The van der Waals surface area contributed by atoms with Gasteiger partial charge in [-0.3, -0.25) is 4.79 Å². The molecule has 0 aliphatic heterocycles. The second kappa shape index (κ2) is 5.36. The topological polar surface area (TPSA) is 118 Å². The summed E-state index contributed by atoms with van der Waals surface area (Å²) in [5.41, 5.74) is 9.85. The van der Waals surface area contributed by atoms with E-state index in [1.165, 1.54) is 0 Å². The number of carboxylic acids is 1. The predicted octanol–water partition coefficient (Wildman–Crippen LogP) is -1.15. The lowest BCUT2D eigenvalue weighted by Gasteiger charge is -2.05. The lowest BCUT2D eigenvalue weighted by atomic mass is 10.2. The molecule has 0 spiro atoms. The molecule has 0 fully saturated rings. The maximum absolute atomic E-state index is 10.3. The van der Waals surface area contributed by atoms with E-state index in [0.29, 0.717) is 0 Å². The Kier molecular flexibility index (Phi) is 3.29. The number of carbonyl (C=O) groups excluding carboxylic acids is 1. The first-order valence-electron chi connectivity index (χ1n) is 4.30. The quantitative estimate of drug-likeness (QED) is 0.423. The second-order valence-corrected chi connectivity index (χ2v) is 2.15. The highest BCUT2D eigenvalue weighted by molar-refractivity contribution is 5.73. The van der Waals surface area contributed by atoms with Crippen molar-refractivity contribution in [1.82, 2.24) is 5.32 Å². The van der Waals surface area contributed by atoms with Gasteiger partial charge in [0.25, 0.3) is 0 Å². The molecule has 0 aliphatic rings. The van der Waals surface area contributed by atoms with Crippen molar-refractivity contribution in [2.24, 2.45) is 11.5 Å². The Labute approximate surface area is 72.7 Å². The molecule has 0 aromatic carbocycles. The van der Waals surface area contributed by atoms with Crippen LogP contribution in [0.1, 0.15) is 15.6 Å². The van der Waals surface area contributed by atoms with E-state index in [4.69, 9.17) is 19.3 Å². The van der Waals surface area contributed by atoms with E-state index in [2.05, 4.69) is 0 Å². The Morgan fingerprint density at radius 3 is 2.67 bits per heavy atom. The van der Waals surface area contributed by atoms with Crippen LogP contribution in [0.3, 0.4) is 0 Å². The number of primary amides is 1. The van der Waals surface area contributed by atoms with Gasteiger partial charge in [-0.2, -0.15) is 0 Å². The van der Waals surface area contributed by atoms with Crippen LogP contribution in [-0.2, 0) is 4.79 Å². The zero-order valence-corrected chi connectivity index (χ0v) is 6.41. The van der Waals surface area contributed by atoms with Gasteiger partial charge in [0.15, 0.2) is 0 Å². The monoisotopic (exact) mass is 177 g/mol. The Bertz CT molecular complexity index is 234. The number of carbonyl (C=O) groups is 2. The molecule has 0 heterocycles. The second-order valence-electron chi connectivity index (χ2n) is 2.15. The molecular weight excluding hydrogens is 162 g/mol. The van der Waals surface area contributed by atoms with Gasteiger partial charge in [-0.25, -0.2) is 4.79 Å². The van der Waals surface area contributed by atoms with Crippen molar-refractivity contribution in [3.8, 4) is 0 Å². The molecule has 1 atom stereocenters. The number of carboxylic acid groups (broad SMARTS) is 1. The van der Waals surface area contributed by atoms with E-state index in [-0.39, 0.29) is 12.8 Å². The minimum atomic E-state index is -2.03. The third kappa shape index (κ3) is 5.48. The minimum Gasteiger partial charge on any atom is -0.480 e. The third-order valence-electron chi connectivity index (χ3n) is 1.11. The molecule has 6 heteroatoms. The van der Waals surface area contributed by atoms with Crippen molar-refractivity contribution < 1.29 is 17.4 Å². The summed E-state index contributed by atoms with van der Waals surface area (Å²) in [6.07, 6.45) is -0.286. The van der Waals surface area contributed by atoms with Gasteiger partial charge >= 0.3 is 12.0 Å². The van der Waals surface area contributed by atoms with Crippen LogP contribution in [0, 0.1) is 0 Å². The fourth-order valence-electron chi connectivity index (χ4n) is 0.501. The van der Waals surface area contributed by atoms with E-state index >= 15 is 0 Å². The van der Waals surface area contributed by atoms with Crippen molar-refractivity contribution >= 4 is 12.0 Å². The number of amides is 2. The molecule has 0 radical (unpaired) electrons. The Morgan fingerprint density at radius 2 is 2.25 bits per heavy atom. The zero-order chi connectivity index (χ0) is 11.4. The first kappa shape index (κ1) is 7.35. The maximum atomic E-state index is 10.3. The first-order chi connectivity index (χ1) is 6.24. The molecule has 0 bridgehead atoms. The van der Waals surface area contributed by atoms with Crippen LogP contribution < -0.4 is 16.8 Å². The Hall–Kier alpha value is -1.30. The summed E-state index contributed by atoms with van der Waals surface area (Å²) in [7, 11) is 0. The Morgan fingerprint density at radius 1 is 1.67 bits per heavy atom. The highest BCUT2D eigenvalue weighted by atomic mass is 16.4. The van der Waals surface area contributed by atoms with Gasteiger partial charge in [-0.1, -0.05) is 0 Å². The van der Waals surface area contributed by atoms with E-state index in [1.54, 1.807) is 0 Å². The number of nitrogens with one attached hydrogen (secondary N) is 1. The van der Waals surface area contributed by atoms with Crippen molar-refractivity contribution in [3.63, 3.8) is 0 Å².